The van der Waals surface area contributed by atoms with Gasteiger partial charge < -0.3 is 10.0 Å². The predicted octanol–water partition coefficient (Wildman–Crippen LogP) is 0.190. The zero-order valence-corrected chi connectivity index (χ0v) is 9.71. The molecule has 4 nitrogen and oxygen atoms in total. The minimum absolute atomic E-state index is 0.227. The molecule has 0 bridgehead atoms. The van der Waals surface area contributed by atoms with Crippen LogP contribution in [0.4, 0.5) is 0 Å². The van der Waals surface area contributed by atoms with Crippen molar-refractivity contribution in [1.82, 2.24) is 14.8 Å². The summed E-state index contributed by atoms with van der Waals surface area (Å²) in [4.78, 5) is 8.71. The Kier molecular flexibility index (Phi) is 3.88. The largest absolute Gasteiger partial charge is 0.395 e. The summed E-state index contributed by atoms with van der Waals surface area (Å²) in [6, 6.07) is 4.29. The van der Waals surface area contributed by atoms with Crippen molar-refractivity contribution in [3.63, 3.8) is 0 Å². The first-order valence-corrected chi connectivity index (χ1v) is 5.72. The van der Waals surface area contributed by atoms with E-state index in [9.17, 15) is 5.11 Å². The molecule has 1 aliphatic heterocycles. The van der Waals surface area contributed by atoms with Gasteiger partial charge in [-0.15, -0.1) is 0 Å². The molecule has 2 rings (SSSR count). The minimum Gasteiger partial charge on any atom is -0.395 e. The second kappa shape index (κ2) is 5.39. The Morgan fingerprint density at radius 3 is 3.06 bits per heavy atom. The van der Waals surface area contributed by atoms with Crippen LogP contribution in [0, 0.1) is 0 Å². The van der Waals surface area contributed by atoms with E-state index in [0.717, 1.165) is 26.2 Å². The van der Waals surface area contributed by atoms with Crippen molar-refractivity contribution < 1.29 is 5.11 Å². The second-order valence-electron chi connectivity index (χ2n) is 4.43. The fourth-order valence-corrected chi connectivity index (χ4v) is 2.16. The van der Waals surface area contributed by atoms with E-state index in [4.69, 9.17) is 0 Å². The maximum atomic E-state index is 9.37. The average molecular weight is 221 g/mol. The lowest BCUT2D eigenvalue weighted by Gasteiger charge is -2.39. The zero-order chi connectivity index (χ0) is 11.4. The third-order valence-corrected chi connectivity index (χ3v) is 3.13. The molecule has 1 aliphatic rings. The number of hydrogen-bond donors (Lipinski definition) is 1. The summed E-state index contributed by atoms with van der Waals surface area (Å²) in [6.45, 7) is 4.13. The van der Waals surface area contributed by atoms with Gasteiger partial charge in [0.05, 0.1) is 6.61 Å². The van der Waals surface area contributed by atoms with Crippen LogP contribution in [0.1, 0.15) is 5.56 Å². The van der Waals surface area contributed by atoms with Crippen LogP contribution >= 0.6 is 0 Å². The van der Waals surface area contributed by atoms with Crippen molar-refractivity contribution in [2.45, 2.75) is 12.6 Å². The normalized spacial score (nSPS) is 23.5. The summed E-state index contributed by atoms with van der Waals surface area (Å²) in [5.74, 6) is 0. The molecule has 1 aromatic heterocycles. The van der Waals surface area contributed by atoms with Gasteiger partial charge in [0.25, 0.3) is 0 Å². The van der Waals surface area contributed by atoms with E-state index < -0.39 is 0 Å². The van der Waals surface area contributed by atoms with Gasteiger partial charge in [-0.05, 0) is 18.7 Å². The third-order valence-electron chi connectivity index (χ3n) is 3.13. The second-order valence-corrected chi connectivity index (χ2v) is 4.43. The van der Waals surface area contributed by atoms with Crippen LogP contribution in [-0.4, -0.2) is 59.2 Å². The minimum atomic E-state index is 0.227. The van der Waals surface area contributed by atoms with E-state index in [1.807, 2.05) is 12.3 Å². The van der Waals surface area contributed by atoms with Crippen LogP contribution < -0.4 is 0 Å². The van der Waals surface area contributed by atoms with E-state index in [-0.39, 0.29) is 12.6 Å². The molecule has 1 aromatic rings. The van der Waals surface area contributed by atoms with Crippen LogP contribution in [0.25, 0.3) is 0 Å². The molecule has 2 heterocycles. The van der Waals surface area contributed by atoms with Crippen molar-refractivity contribution in [2.75, 3.05) is 33.3 Å². The number of rotatable bonds is 3. The van der Waals surface area contributed by atoms with Crippen LogP contribution in [-0.2, 0) is 6.54 Å². The Morgan fingerprint density at radius 1 is 1.50 bits per heavy atom. The van der Waals surface area contributed by atoms with Crippen LogP contribution in [0.15, 0.2) is 24.5 Å². The molecule has 1 unspecified atom stereocenters. The van der Waals surface area contributed by atoms with Gasteiger partial charge in [0, 0.05) is 44.6 Å². The standard InChI is InChI=1S/C12H19N3O/c1-14-5-6-15(12(9-14)10-16)8-11-3-2-4-13-7-11/h2-4,7,12,16H,5-6,8-10H2,1H3. The predicted molar refractivity (Wildman–Crippen MR) is 63.0 cm³/mol. The summed E-state index contributed by atoms with van der Waals surface area (Å²) in [6.07, 6.45) is 3.68. The maximum absolute atomic E-state index is 9.37. The fraction of sp³-hybridized carbons (Fsp3) is 0.583. The average Bonchev–Trinajstić information content (AvgIpc) is 2.33. The lowest BCUT2D eigenvalue weighted by atomic mass is 10.1. The van der Waals surface area contributed by atoms with Gasteiger partial charge in [-0.2, -0.15) is 0 Å². The fourth-order valence-electron chi connectivity index (χ4n) is 2.16. The van der Waals surface area contributed by atoms with Crippen LogP contribution in [0.2, 0.25) is 0 Å². The molecule has 1 fully saturated rings. The van der Waals surface area contributed by atoms with Gasteiger partial charge in [-0.3, -0.25) is 9.88 Å². The lowest BCUT2D eigenvalue weighted by molar-refractivity contribution is 0.0457. The molecule has 4 heteroatoms. The Hall–Kier alpha value is -0.970. The first-order valence-electron chi connectivity index (χ1n) is 5.72. The first kappa shape index (κ1) is 11.5. The number of piperazine rings is 1. The Morgan fingerprint density at radius 2 is 2.38 bits per heavy atom. The highest BCUT2D eigenvalue weighted by atomic mass is 16.3. The molecule has 0 saturated carbocycles. The molecule has 0 aliphatic carbocycles. The third kappa shape index (κ3) is 2.78. The highest BCUT2D eigenvalue weighted by Crippen LogP contribution is 2.12. The smallest absolute Gasteiger partial charge is 0.0599 e. The molecule has 0 aromatic carbocycles. The van der Waals surface area contributed by atoms with Crippen molar-refractivity contribution in [1.29, 1.82) is 0 Å². The van der Waals surface area contributed by atoms with Crippen molar-refractivity contribution >= 4 is 0 Å². The summed E-state index contributed by atoms with van der Waals surface area (Å²) >= 11 is 0. The first-order chi connectivity index (χ1) is 7.79. The van der Waals surface area contributed by atoms with E-state index in [1.165, 1.54) is 5.56 Å². The Labute approximate surface area is 96.5 Å². The molecule has 1 saturated heterocycles. The van der Waals surface area contributed by atoms with Crippen molar-refractivity contribution in [2.24, 2.45) is 0 Å². The molecular formula is C12H19N3O. The molecular weight excluding hydrogens is 202 g/mol. The van der Waals surface area contributed by atoms with Crippen LogP contribution in [0.3, 0.4) is 0 Å². The molecule has 0 radical (unpaired) electrons. The highest BCUT2D eigenvalue weighted by molar-refractivity contribution is 5.08. The van der Waals surface area contributed by atoms with Gasteiger partial charge in [0.1, 0.15) is 0 Å². The van der Waals surface area contributed by atoms with E-state index in [0.29, 0.717) is 0 Å². The molecule has 0 amide bonds. The van der Waals surface area contributed by atoms with Gasteiger partial charge in [0.2, 0.25) is 0 Å². The monoisotopic (exact) mass is 221 g/mol. The summed E-state index contributed by atoms with van der Waals surface area (Å²) in [5.41, 5.74) is 1.21. The molecule has 16 heavy (non-hydrogen) atoms. The van der Waals surface area contributed by atoms with Gasteiger partial charge in [-0.1, -0.05) is 6.07 Å². The SMILES string of the molecule is CN1CCN(Cc2cccnc2)C(CO)C1. The molecule has 0 spiro atoms. The summed E-state index contributed by atoms with van der Waals surface area (Å²) in [7, 11) is 2.10. The van der Waals surface area contributed by atoms with E-state index in [1.54, 1.807) is 6.20 Å². The number of aromatic nitrogens is 1. The molecule has 1 N–H and O–H groups in total. The van der Waals surface area contributed by atoms with Crippen molar-refractivity contribution in [3.8, 4) is 0 Å². The van der Waals surface area contributed by atoms with Gasteiger partial charge in [-0.25, -0.2) is 0 Å². The number of aliphatic hydroxyl groups is 1. The topological polar surface area (TPSA) is 39.6 Å². The molecule has 88 valence electrons. The Bertz CT molecular complexity index is 317. The Balaban J connectivity index is 1.98. The van der Waals surface area contributed by atoms with E-state index in [2.05, 4.69) is 27.9 Å². The summed E-state index contributed by atoms with van der Waals surface area (Å²) in [5, 5.41) is 9.37. The summed E-state index contributed by atoms with van der Waals surface area (Å²) < 4.78 is 0. The maximum Gasteiger partial charge on any atom is 0.0599 e. The van der Waals surface area contributed by atoms with Gasteiger partial charge in [0.15, 0.2) is 0 Å². The van der Waals surface area contributed by atoms with E-state index >= 15 is 0 Å². The van der Waals surface area contributed by atoms with Crippen LogP contribution in [0.5, 0.6) is 0 Å². The van der Waals surface area contributed by atoms with Gasteiger partial charge >= 0.3 is 0 Å². The van der Waals surface area contributed by atoms with Crippen molar-refractivity contribution in [3.05, 3.63) is 30.1 Å². The number of aliphatic hydroxyl groups excluding tert-OH is 1. The number of nitrogens with zero attached hydrogens (tertiary/aromatic N) is 3. The highest BCUT2D eigenvalue weighted by Gasteiger charge is 2.24. The number of hydrogen-bond acceptors (Lipinski definition) is 4. The molecule has 1 atom stereocenters. The quantitative estimate of drug-likeness (QED) is 0.791. The number of likely N-dealkylation sites (N-methyl/N-ethyl adjacent to an activating group) is 1. The zero-order valence-electron chi connectivity index (χ0n) is 9.71. The number of pyridine rings is 1. The lowest BCUT2D eigenvalue weighted by Crippen LogP contribution is -2.52.